The van der Waals surface area contributed by atoms with Crippen LogP contribution in [0.2, 0.25) is 5.02 Å². The molecule has 28 heavy (non-hydrogen) atoms. The molecule has 1 heterocycles. The van der Waals surface area contributed by atoms with Crippen LogP contribution in [0.5, 0.6) is 5.75 Å². The normalized spacial score (nSPS) is 11.9. The second-order valence-electron chi connectivity index (χ2n) is 6.54. The summed E-state index contributed by atoms with van der Waals surface area (Å²) in [5.74, 6) is 1.34. The van der Waals surface area contributed by atoms with Crippen LogP contribution in [0.1, 0.15) is 24.8 Å². The summed E-state index contributed by atoms with van der Waals surface area (Å²) >= 11 is 5.90. The maximum Gasteiger partial charge on any atom is 0.263 e. The van der Waals surface area contributed by atoms with Crippen molar-refractivity contribution in [3.05, 3.63) is 65.0 Å². The van der Waals surface area contributed by atoms with E-state index in [4.69, 9.17) is 20.9 Å². The highest BCUT2D eigenvalue weighted by atomic mass is 35.5. The van der Waals surface area contributed by atoms with E-state index in [0.29, 0.717) is 28.9 Å². The standard InChI is InChI=1S/C21H22ClN3O3/c1-4-18(27-17-7-5-6-14(2)12-17)21(26)25(3)13-19-23-20(24-28-19)15-8-10-16(22)11-9-15/h5-12,18H,4,13H2,1-3H3/t18-/m0/s1. The molecule has 0 aliphatic heterocycles. The van der Waals surface area contributed by atoms with Gasteiger partial charge in [0.25, 0.3) is 5.91 Å². The molecule has 1 aromatic heterocycles. The van der Waals surface area contributed by atoms with E-state index in [1.807, 2.05) is 50.2 Å². The maximum atomic E-state index is 12.8. The van der Waals surface area contributed by atoms with E-state index in [1.54, 1.807) is 19.2 Å². The molecule has 0 saturated carbocycles. The lowest BCUT2D eigenvalue weighted by Crippen LogP contribution is -2.39. The Balaban J connectivity index is 1.65. The summed E-state index contributed by atoms with van der Waals surface area (Å²) in [6, 6.07) is 14.8. The van der Waals surface area contributed by atoms with E-state index in [0.717, 1.165) is 11.1 Å². The predicted molar refractivity (Wildman–Crippen MR) is 107 cm³/mol. The highest BCUT2D eigenvalue weighted by Gasteiger charge is 2.24. The largest absolute Gasteiger partial charge is 0.481 e. The van der Waals surface area contributed by atoms with Crippen LogP contribution in [-0.2, 0) is 11.3 Å². The fourth-order valence-corrected chi connectivity index (χ4v) is 2.85. The molecule has 1 atom stereocenters. The van der Waals surface area contributed by atoms with Gasteiger partial charge in [-0.2, -0.15) is 4.98 Å². The fraction of sp³-hybridized carbons (Fsp3) is 0.286. The summed E-state index contributed by atoms with van der Waals surface area (Å²) in [7, 11) is 1.69. The number of likely N-dealkylation sites (N-methyl/N-ethyl adjacent to an activating group) is 1. The molecular formula is C21H22ClN3O3. The van der Waals surface area contributed by atoms with Gasteiger partial charge in [-0.05, 0) is 55.3 Å². The number of hydrogen-bond donors (Lipinski definition) is 0. The lowest BCUT2D eigenvalue weighted by Gasteiger charge is -2.22. The van der Waals surface area contributed by atoms with Crippen molar-refractivity contribution < 1.29 is 14.1 Å². The molecule has 0 fully saturated rings. The maximum absolute atomic E-state index is 12.8. The molecule has 0 aliphatic carbocycles. The van der Waals surface area contributed by atoms with Crippen LogP contribution in [0.15, 0.2) is 53.1 Å². The Morgan fingerprint density at radius 2 is 2.00 bits per heavy atom. The van der Waals surface area contributed by atoms with Gasteiger partial charge in [0, 0.05) is 17.6 Å². The van der Waals surface area contributed by atoms with Gasteiger partial charge in [0.1, 0.15) is 5.75 Å². The number of ether oxygens (including phenoxy) is 1. The van der Waals surface area contributed by atoms with Crippen molar-refractivity contribution in [2.24, 2.45) is 0 Å². The fourth-order valence-electron chi connectivity index (χ4n) is 2.72. The average molecular weight is 400 g/mol. The third kappa shape index (κ3) is 4.89. The second kappa shape index (κ2) is 8.89. The Morgan fingerprint density at radius 1 is 1.25 bits per heavy atom. The minimum atomic E-state index is -0.578. The van der Waals surface area contributed by atoms with Gasteiger partial charge in [-0.1, -0.05) is 35.8 Å². The minimum Gasteiger partial charge on any atom is -0.481 e. The first-order valence-electron chi connectivity index (χ1n) is 9.03. The molecule has 146 valence electrons. The molecule has 0 saturated heterocycles. The van der Waals surface area contributed by atoms with Crippen LogP contribution >= 0.6 is 11.6 Å². The van der Waals surface area contributed by atoms with Gasteiger partial charge < -0.3 is 14.2 Å². The van der Waals surface area contributed by atoms with E-state index >= 15 is 0 Å². The molecule has 3 aromatic rings. The average Bonchev–Trinajstić information content (AvgIpc) is 3.14. The van der Waals surface area contributed by atoms with Gasteiger partial charge in [-0.15, -0.1) is 0 Å². The Labute approximate surface area is 169 Å². The zero-order chi connectivity index (χ0) is 20.1. The van der Waals surface area contributed by atoms with Gasteiger partial charge in [0.05, 0.1) is 6.54 Å². The van der Waals surface area contributed by atoms with Crippen molar-refractivity contribution >= 4 is 17.5 Å². The molecule has 2 aromatic carbocycles. The van der Waals surface area contributed by atoms with Gasteiger partial charge in [0.2, 0.25) is 11.7 Å². The van der Waals surface area contributed by atoms with E-state index in [2.05, 4.69) is 10.1 Å². The molecule has 0 radical (unpaired) electrons. The SMILES string of the molecule is CC[C@H](Oc1cccc(C)c1)C(=O)N(C)Cc1nc(-c2ccc(Cl)cc2)no1. The first-order valence-corrected chi connectivity index (χ1v) is 9.41. The van der Waals surface area contributed by atoms with E-state index in [-0.39, 0.29) is 12.5 Å². The number of benzene rings is 2. The number of amides is 1. The molecule has 6 nitrogen and oxygen atoms in total. The van der Waals surface area contributed by atoms with E-state index in [1.165, 1.54) is 4.90 Å². The molecule has 0 spiro atoms. The first-order chi connectivity index (χ1) is 13.5. The molecule has 7 heteroatoms. The van der Waals surface area contributed by atoms with Crippen LogP contribution in [-0.4, -0.2) is 34.1 Å². The highest BCUT2D eigenvalue weighted by molar-refractivity contribution is 6.30. The first kappa shape index (κ1) is 19.9. The van der Waals surface area contributed by atoms with Crippen LogP contribution < -0.4 is 4.74 Å². The summed E-state index contributed by atoms with van der Waals surface area (Å²) < 4.78 is 11.2. The number of carbonyl (C=O) groups excluding carboxylic acids is 1. The van der Waals surface area contributed by atoms with Crippen molar-refractivity contribution in [3.63, 3.8) is 0 Å². The Bertz CT molecular complexity index is 940. The number of aromatic nitrogens is 2. The number of halogens is 1. The van der Waals surface area contributed by atoms with Gasteiger partial charge >= 0.3 is 0 Å². The van der Waals surface area contributed by atoms with Crippen molar-refractivity contribution in [3.8, 4) is 17.1 Å². The molecule has 0 aliphatic rings. The molecule has 1 amide bonds. The van der Waals surface area contributed by atoms with Crippen molar-refractivity contribution in [2.45, 2.75) is 32.9 Å². The lowest BCUT2D eigenvalue weighted by atomic mass is 10.2. The number of nitrogens with zero attached hydrogens (tertiary/aromatic N) is 3. The quantitative estimate of drug-likeness (QED) is 0.584. The molecule has 3 rings (SSSR count). The van der Waals surface area contributed by atoms with Gasteiger partial charge in [-0.25, -0.2) is 0 Å². The summed E-state index contributed by atoms with van der Waals surface area (Å²) in [6.07, 6.45) is -0.0257. The predicted octanol–water partition coefficient (Wildman–Crippen LogP) is 4.51. The summed E-state index contributed by atoms with van der Waals surface area (Å²) in [6.45, 7) is 4.10. The summed E-state index contributed by atoms with van der Waals surface area (Å²) in [4.78, 5) is 18.7. The smallest absolute Gasteiger partial charge is 0.263 e. The van der Waals surface area contributed by atoms with Crippen molar-refractivity contribution in [2.75, 3.05) is 7.05 Å². The number of carbonyl (C=O) groups is 1. The van der Waals surface area contributed by atoms with Crippen LogP contribution in [0.4, 0.5) is 0 Å². The second-order valence-corrected chi connectivity index (χ2v) is 6.98. The van der Waals surface area contributed by atoms with Crippen LogP contribution in [0.25, 0.3) is 11.4 Å². The number of hydrogen-bond acceptors (Lipinski definition) is 5. The monoisotopic (exact) mass is 399 g/mol. The minimum absolute atomic E-state index is 0.143. The van der Waals surface area contributed by atoms with Gasteiger partial charge in [0.15, 0.2) is 6.10 Å². The summed E-state index contributed by atoms with van der Waals surface area (Å²) in [5.41, 5.74) is 1.87. The lowest BCUT2D eigenvalue weighted by molar-refractivity contribution is -0.138. The van der Waals surface area contributed by atoms with Crippen LogP contribution in [0, 0.1) is 6.92 Å². The van der Waals surface area contributed by atoms with E-state index in [9.17, 15) is 4.79 Å². The topological polar surface area (TPSA) is 68.5 Å². The summed E-state index contributed by atoms with van der Waals surface area (Å²) in [5, 5.41) is 4.61. The molecule has 0 N–H and O–H groups in total. The number of rotatable bonds is 7. The highest BCUT2D eigenvalue weighted by Crippen LogP contribution is 2.20. The Kier molecular flexibility index (Phi) is 6.31. The van der Waals surface area contributed by atoms with E-state index < -0.39 is 6.10 Å². The molecule has 0 unspecified atom stereocenters. The Hall–Kier alpha value is -2.86. The zero-order valence-electron chi connectivity index (χ0n) is 16.1. The third-order valence-electron chi connectivity index (χ3n) is 4.23. The zero-order valence-corrected chi connectivity index (χ0v) is 16.8. The Morgan fingerprint density at radius 3 is 2.68 bits per heavy atom. The molecule has 0 bridgehead atoms. The number of aryl methyl sites for hydroxylation is 1. The molecular weight excluding hydrogens is 378 g/mol. The van der Waals surface area contributed by atoms with Gasteiger partial charge in [-0.3, -0.25) is 4.79 Å². The van der Waals surface area contributed by atoms with Crippen molar-refractivity contribution in [1.82, 2.24) is 15.0 Å². The van der Waals surface area contributed by atoms with Crippen LogP contribution in [0.3, 0.4) is 0 Å². The van der Waals surface area contributed by atoms with Crippen molar-refractivity contribution in [1.29, 1.82) is 0 Å². The third-order valence-corrected chi connectivity index (χ3v) is 4.49.